The van der Waals surface area contributed by atoms with Crippen LogP contribution in [-0.4, -0.2) is 29.4 Å². The Hall–Kier alpha value is -2.21. The van der Waals surface area contributed by atoms with Gasteiger partial charge in [-0.2, -0.15) is 0 Å². The number of rotatable bonds is 4. The van der Waals surface area contributed by atoms with Gasteiger partial charge < -0.3 is 10.8 Å². The molecule has 1 aliphatic heterocycles. The molecule has 0 unspecified atom stereocenters. The average molecular weight is 262 g/mol. The molecule has 100 valence electrons. The van der Waals surface area contributed by atoms with Crippen molar-refractivity contribution in [2.24, 2.45) is 5.73 Å². The molecule has 1 aliphatic rings. The summed E-state index contributed by atoms with van der Waals surface area (Å²) in [5.41, 5.74) is 7.70. The van der Waals surface area contributed by atoms with E-state index in [0.717, 1.165) is 16.0 Å². The van der Waals surface area contributed by atoms with Crippen molar-refractivity contribution in [2.75, 3.05) is 11.4 Å². The van der Waals surface area contributed by atoms with Crippen molar-refractivity contribution in [2.45, 2.75) is 19.3 Å². The zero-order valence-electron chi connectivity index (χ0n) is 10.3. The number of nitrogens with two attached hydrogens (primary N) is 1. The molecule has 0 atom stereocenters. The molecule has 19 heavy (non-hydrogen) atoms. The van der Waals surface area contributed by atoms with Crippen molar-refractivity contribution >= 4 is 23.5 Å². The van der Waals surface area contributed by atoms with Gasteiger partial charge in [0.1, 0.15) is 6.42 Å². The summed E-state index contributed by atoms with van der Waals surface area (Å²) in [6.45, 7) is 0.508. The van der Waals surface area contributed by atoms with Gasteiger partial charge >= 0.3 is 5.97 Å². The number of amides is 2. The monoisotopic (exact) mass is 262 g/mol. The van der Waals surface area contributed by atoms with Gasteiger partial charge in [-0.3, -0.25) is 14.4 Å². The van der Waals surface area contributed by atoms with Crippen molar-refractivity contribution < 1.29 is 19.5 Å². The highest BCUT2D eigenvalue weighted by Gasteiger charge is 2.33. The van der Waals surface area contributed by atoms with Crippen LogP contribution in [0.1, 0.15) is 17.5 Å². The molecule has 2 rings (SSSR count). The summed E-state index contributed by atoms with van der Waals surface area (Å²) in [6.07, 6.45) is 0.138. The topological polar surface area (TPSA) is 101 Å². The molecule has 1 aromatic rings. The lowest BCUT2D eigenvalue weighted by Crippen LogP contribution is -2.34. The SMILES string of the molecule is NCCc1ccc2c(c1)CC(=O)N2C(=O)CC(=O)O. The van der Waals surface area contributed by atoms with E-state index in [2.05, 4.69) is 0 Å². The fourth-order valence-electron chi connectivity index (χ4n) is 2.18. The number of fused-ring (bicyclic) bond motifs is 1. The quantitative estimate of drug-likeness (QED) is 0.748. The van der Waals surface area contributed by atoms with Crippen molar-refractivity contribution in [1.29, 1.82) is 0 Å². The lowest BCUT2D eigenvalue weighted by atomic mass is 10.1. The van der Waals surface area contributed by atoms with E-state index >= 15 is 0 Å². The van der Waals surface area contributed by atoms with Gasteiger partial charge in [0, 0.05) is 0 Å². The van der Waals surface area contributed by atoms with Gasteiger partial charge in [0.15, 0.2) is 0 Å². The first kappa shape index (κ1) is 13.2. The number of carboxylic acid groups (broad SMARTS) is 1. The molecular weight excluding hydrogens is 248 g/mol. The molecule has 0 spiro atoms. The average Bonchev–Trinajstić information content (AvgIpc) is 2.63. The van der Waals surface area contributed by atoms with E-state index in [9.17, 15) is 14.4 Å². The fraction of sp³-hybridized carbons (Fsp3) is 0.308. The van der Waals surface area contributed by atoms with Crippen LogP contribution < -0.4 is 10.6 Å². The highest BCUT2D eigenvalue weighted by Crippen LogP contribution is 2.30. The first-order valence-corrected chi connectivity index (χ1v) is 5.92. The molecule has 0 saturated carbocycles. The van der Waals surface area contributed by atoms with E-state index in [4.69, 9.17) is 10.8 Å². The van der Waals surface area contributed by atoms with Gasteiger partial charge in [-0.25, -0.2) is 4.90 Å². The van der Waals surface area contributed by atoms with Crippen LogP contribution in [0.3, 0.4) is 0 Å². The third-order valence-corrected chi connectivity index (χ3v) is 2.96. The lowest BCUT2D eigenvalue weighted by molar-refractivity contribution is -0.140. The summed E-state index contributed by atoms with van der Waals surface area (Å²) in [5, 5.41) is 8.62. The van der Waals surface area contributed by atoms with Crippen LogP contribution in [0.15, 0.2) is 18.2 Å². The fourth-order valence-corrected chi connectivity index (χ4v) is 2.18. The van der Waals surface area contributed by atoms with Gasteiger partial charge in [-0.15, -0.1) is 0 Å². The third kappa shape index (κ3) is 2.63. The number of carbonyl (C=O) groups is 3. The molecular formula is C13H14N2O4. The molecule has 6 nitrogen and oxygen atoms in total. The van der Waals surface area contributed by atoms with E-state index < -0.39 is 18.3 Å². The van der Waals surface area contributed by atoms with Crippen LogP contribution in [0.4, 0.5) is 5.69 Å². The molecule has 1 heterocycles. The maximum atomic E-state index is 11.8. The second-order valence-electron chi connectivity index (χ2n) is 4.37. The highest BCUT2D eigenvalue weighted by molar-refractivity contribution is 6.21. The van der Waals surface area contributed by atoms with Crippen LogP contribution in [0.2, 0.25) is 0 Å². The van der Waals surface area contributed by atoms with Crippen molar-refractivity contribution in [3.05, 3.63) is 29.3 Å². The molecule has 0 bridgehead atoms. The molecule has 3 N–H and O–H groups in total. The first-order valence-electron chi connectivity index (χ1n) is 5.92. The zero-order chi connectivity index (χ0) is 14.0. The number of imide groups is 1. The van der Waals surface area contributed by atoms with E-state index in [-0.39, 0.29) is 12.3 Å². The minimum absolute atomic E-state index is 0.124. The maximum absolute atomic E-state index is 11.8. The number of carboxylic acids is 1. The Morgan fingerprint density at radius 1 is 1.37 bits per heavy atom. The number of nitrogens with zero attached hydrogens (tertiary/aromatic N) is 1. The maximum Gasteiger partial charge on any atom is 0.312 e. The van der Waals surface area contributed by atoms with Crippen LogP contribution in [0.5, 0.6) is 0 Å². The smallest absolute Gasteiger partial charge is 0.312 e. The molecule has 2 amide bonds. The minimum Gasteiger partial charge on any atom is -0.481 e. The number of carbonyl (C=O) groups excluding carboxylic acids is 2. The normalized spacial score (nSPS) is 13.5. The highest BCUT2D eigenvalue weighted by atomic mass is 16.4. The number of benzene rings is 1. The molecule has 1 aromatic carbocycles. The Kier molecular flexibility index (Phi) is 3.62. The van der Waals surface area contributed by atoms with Crippen LogP contribution >= 0.6 is 0 Å². The molecule has 0 aliphatic carbocycles. The Morgan fingerprint density at radius 2 is 2.11 bits per heavy atom. The Balaban J connectivity index is 2.29. The Morgan fingerprint density at radius 3 is 2.74 bits per heavy atom. The van der Waals surface area contributed by atoms with E-state index in [0.29, 0.717) is 18.7 Å². The molecule has 0 aromatic heterocycles. The number of aliphatic carboxylic acids is 1. The predicted molar refractivity (Wildman–Crippen MR) is 67.7 cm³/mol. The minimum atomic E-state index is -1.24. The van der Waals surface area contributed by atoms with Gasteiger partial charge in [0.25, 0.3) is 0 Å². The summed E-state index contributed by atoms with van der Waals surface area (Å²) in [7, 11) is 0. The van der Waals surface area contributed by atoms with Crippen molar-refractivity contribution in [3.63, 3.8) is 0 Å². The number of hydrogen-bond donors (Lipinski definition) is 2. The van der Waals surface area contributed by atoms with Gasteiger partial charge in [0.2, 0.25) is 11.8 Å². The number of anilines is 1. The molecule has 0 saturated heterocycles. The van der Waals surface area contributed by atoms with Crippen molar-refractivity contribution in [3.8, 4) is 0 Å². The molecule has 6 heteroatoms. The third-order valence-electron chi connectivity index (χ3n) is 2.96. The van der Waals surface area contributed by atoms with Crippen molar-refractivity contribution in [1.82, 2.24) is 0 Å². The predicted octanol–water partition coefficient (Wildman–Crippen LogP) is 0.0782. The second kappa shape index (κ2) is 5.19. The van der Waals surface area contributed by atoms with E-state index in [1.165, 1.54) is 0 Å². The van der Waals surface area contributed by atoms with Gasteiger partial charge in [-0.1, -0.05) is 12.1 Å². The zero-order valence-corrected chi connectivity index (χ0v) is 10.3. The van der Waals surface area contributed by atoms with Gasteiger partial charge in [-0.05, 0) is 30.2 Å². The summed E-state index contributed by atoms with van der Waals surface area (Å²) < 4.78 is 0. The first-order chi connectivity index (χ1) is 9.02. The van der Waals surface area contributed by atoms with E-state index in [1.807, 2.05) is 6.07 Å². The lowest BCUT2D eigenvalue weighted by Gasteiger charge is -2.14. The number of hydrogen-bond acceptors (Lipinski definition) is 4. The summed E-state index contributed by atoms with van der Waals surface area (Å²) >= 11 is 0. The molecule has 0 fully saturated rings. The summed E-state index contributed by atoms with van der Waals surface area (Å²) in [6, 6.07) is 5.31. The Labute approximate surface area is 109 Å². The van der Waals surface area contributed by atoms with E-state index in [1.54, 1.807) is 12.1 Å². The second-order valence-corrected chi connectivity index (χ2v) is 4.37. The van der Waals surface area contributed by atoms with Crippen LogP contribution in [0, 0.1) is 0 Å². The summed E-state index contributed by atoms with van der Waals surface area (Å²) in [4.78, 5) is 35.1. The standard InChI is InChI=1S/C13H14N2O4/c14-4-3-8-1-2-10-9(5-8)6-11(16)15(10)12(17)7-13(18)19/h1-2,5H,3-4,6-7,14H2,(H,18,19). The van der Waals surface area contributed by atoms with Crippen LogP contribution in [0.25, 0.3) is 0 Å². The van der Waals surface area contributed by atoms with Gasteiger partial charge in [0.05, 0.1) is 12.1 Å². The largest absolute Gasteiger partial charge is 0.481 e. The molecule has 0 radical (unpaired) electrons. The van der Waals surface area contributed by atoms with Crippen LogP contribution in [-0.2, 0) is 27.2 Å². The summed E-state index contributed by atoms with van der Waals surface area (Å²) in [5.74, 6) is -2.33. The Bertz CT molecular complexity index is 554.